The lowest BCUT2D eigenvalue weighted by Gasteiger charge is -2.04. The Morgan fingerprint density at radius 2 is 1.71 bits per heavy atom. The summed E-state index contributed by atoms with van der Waals surface area (Å²) in [5.41, 5.74) is 1.90. The van der Waals surface area contributed by atoms with Crippen molar-refractivity contribution in [1.29, 1.82) is 0 Å². The lowest BCUT2D eigenvalue weighted by atomic mass is 10.0. The molecule has 0 amide bonds. The van der Waals surface area contributed by atoms with E-state index in [1.54, 1.807) is 42.5 Å². The van der Waals surface area contributed by atoms with E-state index in [9.17, 15) is 9.18 Å². The van der Waals surface area contributed by atoms with E-state index in [0.29, 0.717) is 11.1 Å². The lowest BCUT2D eigenvalue weighted by molar-refractivity contribution is 0.102. The molecule has 0 saturated carbocycles. The Bertz CT molecular complexity index is 534. The normalized spacial score (nSPS) is 10.2. The average molecular weight is 246 g/mol. The fraction of sp³-hybridized carbons (Fsp3) is 0.0714. The van der Waals surface area contributed by atoms with Crippen molar-refractivity contribution < 1.29 is 9.18 Å². The van der Waals surface area contributed by atoms with Crippen LogP contribution >= 0.6 is 12.6 Å². The van der Waals surface area contributed by atoms with Crippen molar-refractivity contribution in [2.24, 2.45) is 0 Å². The average Bonchev–Trinajstić information content (AvgIpc) is 2.39. The zero-order chi connectivity index (χ0) is 12.3. The van der Waals surface area contributed by atoms with Crippen LogP contribution in [0.1, 0.15) is 10.4 Å². The van der Waals surface area contributed by atoms with E-state index in [-0.39, 0.29) is 17.4 Å². The standard InChI is InChI=1S/C14H11FOS/c15-13-4-2-1-3-12(13)10-5-7-11(8-6-10)14(16)9-17/h1-8,17H,9H2. The van der Waals surface area contributed by atoms with Crippen LogP contribution in [0.15, 0.2) is 48.5 Å². The predicted molar refractivity (Wildman–Crippen MR) is 70.0 cm³/mol. The molecule has 0 aromatic heterocycles. The van der Waals surface area contributed by atoms with Crippen LogP contribution in [0.25, 0.3) is 11.1 Å². The van der Waals surface area contributed by atoms with Crippen molar-refractivity contribution in [2.75, 3.05) is 5.75 Å². The van der Waals surface area contributed by atoms with Gasteiger partial charge in [0.1, 0.15) is 5.82 Å². The molecule has 0 aliphatic rings. The van der Waals surface area contributed by atoms with Crippen LogP contribution in [0.2, 0.25) is 0 Å². The predicted octanol–water partition coefficient (Wildman–Crippen LogP) is 3.61. The number of thiol groups is 1. The second kappa shape index (κ2) is 5.15. The minimum absolute atomic E-state index is 0.0339. The Hall–Kier alpha value is -1.61. The second-order valence-corrected chi connectivity index (χ2v) is 3.95. The molecule has 2 aromatic rings. The molecule has 2 aromatic carbocycles. The molecule has 0 heterocycles. The molecular formula is C14H11FOS. The summed E-state index contributed by atoms with van der Waals surface area (Å²) in [5.74, 6) is -0.117. The van der Waals surface area contributed by atoms with Gasteiger partial charge < -0.3 is 0 Å². The van der Waals surface area contributed by atoms with Crippen LogP contribution in [0.4, 0.5) is 4.39 Å². The summed E-state index contributed by atoms with van der Waals surface area (Å²) in [5, 5.41) is 0. The third kappa shape index (κ3) is 2.56. The van der Waals surface area contributed by atoms with Crippen molar-refractivity contribution in [3.8, 4) is 11.1 Å². The van der Waals surface area contributed by atoms with Crippen molar-refractivity contribution in [2.45, 2.75) is 0 Å². The van der Waals surface area contributed by atoms with Crippen LogP contribution in [0.5, 0.6) is 0 Å². The molecule has 0 saturated heterocycles. The molecule has 0 fully saturated rings. The summed E-state index contributed by atoms with van der Waals surface area (Å²) >= 11 is 3.93. The van der Waals surface area contributed by atoms with E-state index in [4.69, 9.17) is 0 Å². The number of hydrogen-bond acceptors (Lipinski definition) is 2. The molecule has 0 atom stereocenters. The van der Waals surface area contributed by atoms with Crippen LogP contribution < -0.4 is 0 Å². The second-order valence-electron chi connectivity index (χ2n) is 3.64. The fourth-order valence-electron chi connectivity index (χ4n) is 1.62. The maximum absolute atomic E-state index is 13.5. The summed E-state index contributed by atoms with van der Waals surface area (Å²) in [6.07, 6.45) is 0. The third-order valence-corrected chi connectivity index (χ3v) is 2.82. The van der Waals surface area contributed by atoms with E-state index in [0.717, 1.165) is 5.56 Å². The van der Waals surface area contributed by atoms with Gasteiger partial charge in [0.2, 0.25) is 0 Å². The van der Waals surface area contributed by atoms with Gasteiger partial charge in [-0.3, -0.25) is 4.79 Å². The first kappa shape index (κ1) is 11.9. The van der Waals surface area contributed by atoms with Gasteiger partial charge in [0.05, 0.1) is 5.75 Å². The van der Waals surface area contributed by atoms with Crippen molar-refractivity contribution in [3.63, 3.8) is 0 Å². The molecule has 0 aliphatic heterocycles. The Morgan fingerprint density at radius 1 is 1.06 bits per heavy atom. The minimum Gasteiger partial charge on any atom is -0.293 e. The number of ketones is 1. The molecular weight excluding hydrogens is 235 g/mol. The third-order valence-electron chi connectivity index (χ3n) is 2.54. The Balaban J connectivity index is 2.36. The van der Waals surface area contributed by atoms with E-state index in [1.165, 1.54) is 6.07 Å². The largest absolute Gasteiger partial charge is 0.293 e. The monoisotopic (exact) mass is 246 g/mol. The van der Waals surface area contributed by atoms with E-state index < -0.39 is 0 Å². The number of hydrogen-bond donors (Lipinski definition) is 1. The molecule has 1 nitrogen and oxygen atoms in total. The van der Waals surface area contributed by atoms with Gasteiger partial charge in [0.15, 0.2) is 5.78 Å². The molecule has 2 rings (SSSR count). The van der Waals surface area contributed by atoms with Crippen LogP contribution in [0, 0.1) is 5.82 Å². The van der Waals surface area contributed by atoms with Crippen LogP contribution in [-0.4, -0.2) is 11.5 Å². The topological polar surface area (TPSA) is 17.1 Å². The van der Waals surface area contributed by atoms with E-state index in [1.807, 2.05) is 0 Å². The number of Topliss-reactive ketones (excluding diaryl/α,β-unsaturated/α-hetero) is 1. The van der Waals surface area contributed by atoms with E-state index in [2.05, 4.69) is 12.6 Å². The Morgan fingerprint density at radius 3 is 2.29 bits per heavy atom. The quantitative estimate of drug-likeness (QED) is 0.646. The van der Waals surface area contributed by atoms with Gasteiger partial charge in [-0.1, -0.05) is 42.5 Å². The van der Waals surface area contributed by atoms with Gasteiger partial charge in [-0.2, -0.15) is 12.6 Å². The van der Waals surface area contributed by atoms with Gasteiger partial charge in [-0.25, -0.2) is 4.39 Å². The fourth-order valence-corrected chi connectivity index (χ4v) is 1.80. The molecule has 0 spiro atoms. The highest BCUT2D eigenvalue weighted by atomic mass is 32.1. The smallest absolute Gasteiger partial charge is 0.172 e. The van der Waals surface area contributed by atoms with Crippen LogP contribution in [0.3, 0.4) is 0 Å². The first-order valence-corrected chi connectivity index (χ1v) is 5.84. The molecule has 86 valence electrons. The highest BCUT2D eigenvalue weighted by Crippen LogP contribution is 2.22. The summed E-state index contributed by atoms with van der Waals surface area (Å²) in [7, 11) is 0. The highest BCUT2D eigenvalue weighted by molar-refractivity contribution is 7.81. The number of halogens is 1. The SMILES string of the molecule is O=C(CS)c1ccc(-c2ccccc2F)cc1. The van der Waals surface area contributed by atoms with Gasteiger partial charge in [-0.15, -0.1) is 0 Å². The van der Waals surface area contributed by atoms with Gasteiger partial charge in [-0.05, 0) is 11.6 Å². The minimum atomic E-state index is -0.263. The summed E-state index contributed by atoms with van der Waals surface area (Å²) in [6, 6.07) is 13.4. The van der Waals surface area contributed by atoms with Gasteiger partial charge >= 0.3 is 0 Å². The molecule has 0 radical (unpaired) electrons. The number of carbonyl (C=O) groups excluding carboxylic acids is 1. The maximum atomic E-state index is 13.5. The molecule has 3 heteroatoms. The summed E-state index contributed by atoms with van der Waals surface area (Å²) in [4.78, 5) is 11.4. The highest BCUT2D eigenvalue weighted by Gasteiger charge is 2.06. The lowest BCUT2D eigenvalue weighted by Crippen LogP contribution is -1.99. The van der Waals surface area contributed by atoms with Crippen LogP contribution in [-0.2, 0) is 0 Å². The van der Waals surface area contributed by atoms with Gasteiger partial charge in [0.25, 0.3) is 0 Å². The first-order valence-electron chi connectivity index (χ1n) is 5.21. The number of carbonyl (C=O) groups is 1. The van der Waals surface area contributed by atoms with Crippen molar-refractivity contribution in [1.82, 2.24) is 0 Å². The molecule has 0 bridgehead atoms. The molecule has 0 unspecified atom stereocenters. The Kier molecular flexibility index (Phi) is 3.59. The number of benzene rings is 2. The summed E-state index contributed by atoms with van der Waals surface area (Å²) < 4.78 is 13.5. The maximum Gasteiger partial charge on any atom is 0.172 e. The van der Waals surface area contributed by atoms with Crippen molar-refractivity contribution in [3.05, 3.63) is 59.9 Å². The zero-order valence-electron chi connectivity index (χ0n) is 9.06. The Labute approximate surface area is 105 Å². The first-order chi connectivity index (χ1) is 8.22. The molecule has 0 N–H and O–H groups in total. The summed E-state index contributed by atoms with van der Waals surface area (Å²) in [6.45, 7) is 0. The van der Waals surface area contributed by atoms with E-state index >= 15 is 0 Å². The molecule has 17 heavy (non-hydrogen) atoms. The number of rotatable bonds is 3. The van der Waals surface area contributed by atoms with Gasteiger partial charge in [0, 0.05) is 11.1 Å². The zero-order valence-corrected chi connectivity index (χ0v) is 9.95. The van der Waals surface area contributed by atoms with Crippen molar-refractivity contribution >= 4 is 18.4 Å². The molecule has 0 aliphatic carbocycles.